The van der Waals surface area contributed by atoms with Gasteiger partial charge >= 0.3 is 6.03 Å². The highest BCUT2D eigenvalue weighted by Crippen LogP contribution is 2.32. The molecule has 3 rings (SSSR count). The topological polar surface area (TPSA) is 99.7 Å². The molecule has 0 bridgehead atoms. The van der Waals surface area contributed by atoms with Crippen LogP contribution in [0.15, 0.2) is 53.7 Å². The van der Waals surface area contributed by atoms with Gasteiger partial charge in [-0.1, -0.05) is 23.7 Å². The fourth-order valence-electron chi connectivity index (χ4n) is 2.88. The minimum Gasteiger partial charge on any atom is -0.508 e. The summed E-state index contributed by atoms with van der Waals surface area (Å²) < 4.78 is 5.25. The molecule has 4 N–H and O–H groups in total. The van der Waals surface area contributed by atoms with Gasteiger partial charge in [-0.2, -0.15) is 0 Å². The number of phenolic OH excluding ortho intramolecular Hbond substituents is 1. The van der Waals surface area contributed by atoms with E-state index in [-0.39, 0.29) is 5.75 Å². The molecule has 0 aliphatic carbocycles. The van der Waals surface area contributed by atoms with Crippen molar-refractivity contribution < 1.29 is 19.4 Å². The van der Waals surface area contributed by atoms with Gasteiger partial charge in [-0.25, -0.2) is 4.79 Å². The molecular formula is C19H18ClN3O4. The maximum Gasteiger partial charge on any atom is 0.319 e. The average molecular weight is 388 g/mol. The summed E-state index contributed by atoms with van der Waals surface area (Å²) in [4.78, 5) is 24.9. The van der Waals surface area contributed by atoms with Gasteiger partial charge in [0.05, 0.1) is 24.4 Å². The predicted molar refractivity (Wildman–Crippen MR) is 102 cm³/mol. The standard InChI is InChI=1S/C19H18ClN3O4/c1-10-16(18(25)22-14-9-12(20)5-8-15(14)27-2)17(23-19(26)21-10)11-3-6-13(24)7-4-11/h3-9,17,24H,1-2H3,(H,22,25)(H2,21,23,26)/t17-/m0/s1. The van der Waals surface area contributed by atoms with E-state index in [1.165, 1.54) is 19.2 Å². The minimum atomic E-state index is -0.676. The maximum atomic E-state index is 13.0. The van der Waals surface area contributed by atoms with Gasteiger partial charge in [0.1, 0.15) is 11.5 Å². The summed E-state index contributed by atoms with van der Waals surface area (Å²) in [6.07, 6.45) is 0. The van der Waals surface area contributed by atoms with Crippen LogP contribution in [0.1, 0.15) is 18.5 Å². The molecule has 1 atom stereocenters. The molecule has 0 unspecified atom stereocenters. The van der Waals surface area contributed by atoms with E-state index < -0.39 is 18.0 Å². The van der Waals surface area contributed by atoms with Gasteiger partial charge in [-0.05, 0) is 42.8 Å². The smallest absolute Gasteiger partial charge is 0.319 e. The zero-order chi connectivity index (χ0) is 19.6. The number of amides is 3. The van der Waals surface area contributed by atoms with Gasteiger partial charge < -0.3 is 25.8 Å². The first-order valence-electron chi connectivity index (χ1n) is 8.11. The van der Waals surface area contributed by atoms with Gasteiger partial charge in [-0.15, -0.1) is 0 Å². The summed E-state index contributed by atoms with van der Waals surface area (Å²) >= 11 is 6.02. The highest BCUT2D eigenvalue weighted by molar-refractivity contribution is 6.31. The molecule has 2 aromatic carbocycles. The van der Waals surface area contributed by atoms with Crippen LogP contribution in [0.2, 0.25) is 5.02 Å². The lowest BCUT2D eigenvalue weighted by atomic mass is 9.94. The Labute approximate surface area is 161 Å². The van der Waals surface area contributed by atoms with E-state index in [0.29, 0.717) is 33.3 Å². The van der Waals surface area contributed by atoms with Gasteiger partial charge in [0.25, 0.3) is 5.91 Å². The number of hydrogen-bond donors (Lipinski definition) is 4. The molecule has 1 aliphatic heterocycles. The average Bonchev–Trinajstić information content (AvgIpc) is 2.61. The molecule has 0 spiro atoms. The van der Waals surface area contributed by atoms with Crippen molar-refractivity contribution in [2.75, 3.05) is 12.4 Å². The molecule has 0 saturated carbocycles. The quantitative estimate of drug-likeness (QED) is 0.646. The van der Waals surface area contributed by atoms with Crippen LogP contribution >= 0.6 is 11.6 Å². The first-order chi connectivity index (χ1) is 12.9. The van der Waals surface area contributed by atoms with E-state index in [1.54, 1.807) is 37.3 Å². The Hall–Kier alpha value is -3.19. The lowest BCUT2D eigenvalue weighted by Crippen LogP contribution is -2.45. The van der Waals surface area contributed by atoms with E-state index in [9.17, 15) is 14.7 Å². The summed E-state index contributed by atoms with van der Waals surface area (Å²) in [5.41, 5.74) is 1.83. The maximum absolute atomic E-state index is 13.0. The second-order valence-corrected chi connectivity index (χ2v) is 6.40. The Morgan fingerprint density at radius 3 is 2.59 bits per heavy atom. The largest absolute Gasteiger partial charge is 0.508 e. The van der Waals surface area contributed by atoms with Crippen LogP contribution in [0.4, 0.5) is 10.5 Å². The zero-order valence-corrected chi connectivity index (χ0v) is 15.4. The van der Waals surface area contributed by atoms with E-state index in [4.69, 9.17) is 16.3 Å². The van der Waals surface area contributed by atoms with E-state index in [0.717, 1.165) is 0 Å². The first kappa shape index (κ1) is 18.6. The first-order valence-corrected chi connectivity index (χ1v) is 8.49. The number of anilines is 1. The van der Waals surface area contributed by atoms with Crippen molar-refractivity contribution >= 4 is 29.2 Å². The summed E-state index contributed by atoms with van der Waals surface area (Å²) in [6.45, 7) is 1.65. The van der Waals surface area contributed by atoms with Gasteiger partial charge in [0.2, 0.25) is 0 Å². The molecule has 7 nitrogen and oxygen atoms in total. The number of carbonyl (C=O) groups excluding carboxylic acids is 2. The normalized spacial score (nSPS) is 16.4. The van der Waals surface area contributed by atoms with Crippen molar-refractivity contribution in [3.05, 3.63) is 64.3 Å². The van der Waals surface area contributed by atoms with Gasteiger partial charge in [0.15, 0.2) is 0 Å². The van der Waals surface area contributed by atoms with Crippen LogP contribution < -0.4 is 20.7 Å². The molecule has 3 amide bonds. The summed E-state index contributed by atoms with van der Waals surface area (Å²) in [6, 6.07) is 10.1. The highest BCUT2D eigenvalue weighted by Gasteiger charge is 2.31. The molecular weight excluding hydrogens is 370 g/mol. The van der Waals surface area contributed by atoms with Gasteiger partial charge in [-0.3, -0.25) is 4.79 Å². The third-order valence-corrected chi connectivity index (χ3v) is 4.39. The number of allylic oxidation sites excluding steroid dienone is 1. The van der Waals surface area contributed by atoms with E-state index >= 15 is 0 Å². The predicted octanol–water partition coefficient (Wildman–Crippen LogP) is 3.32. The third-order valence-electron chi connectivity index (χ3n) is 4.15. The molecule has 0 radical (unpaired) electrons. The molecule has 2 aromatic rings. The number of hydrogen-bond acceptors (Lipinski definition) is 4. The van der Waals surface area contributed by atoms with Crippen LogP contribution in [-0.4, -0.2) is 24.2 Å². The van der Waals surface area contributed by atoms with Crippen molar-refractivity contribution in [2.24, 2.45) is 0 Å². The van der Waals surface area contributed by atoms with Crippen LogP contribution in [0.25, 0.3) is 0 Å². The number of phenols is 1. The number of halogens is 1. The van der Waals surface area contributed by atoms with E-state index in [2.05, 4.69) is 16.0 Å². The molecule has 0 aromatic heterocycles. The Bertz CT molecular complexity index is 925. The number of carbonyl (C=O) groups is 2. The number of methoxy groups -OCH3 is 1. The number of nitrogens with one attached hydrogen (secondary N) is 3. The van der Waals surface area contributed by atoms with Crippen LogP contribution in [-0.2, 0) is 4.79 Å². The Balaban J connectivity index is 1.97. The van der Waals surface area contributed by atoms with Crippen LogP contribution in [0, 0.1) is 0 Å². The van der Waals surface area contributed by atoms with E-state index in [1.807, 2.05) is 0 Å². The van der Waals surface area contributed by atoms with Crippen molar-refractivity contribution in [1.82, 2.24) is 10.6 Å². The van der Waals surface area contributed by atoms with Gasteiger partial charge in [0, 0.05) is 10.7 Å². The molecule has 1 heterocycles. The number of ether oxygens (including phenoxy) is 1. The number of rotatable bonds is 4. The third kappa shape index (κ3) is 3.98. The Morgan fingerprint density at radius 2 is 1.93 bits per heavy atom. The second kappa shape index (κ2) is 7.59. The summed E-state index contributed by atoms with van der Waals surface area (Å²) in [5, 5.41) is 18.1. The lowest BCUT2D eigenvalue weighted by Gasteiger charge is -2.28. The fourth-order valence-corrected chi connectivity index (χ4v) is 3.05. The molecule has 140 valence electrons. The highest BCUT2D eigenvalue weighted by atomic mass is 35.5. The van der Waals surface area contributed by atoms with Crippen molar-refractivity contribution in [2.45, 2.75) is 13.0 Å². The number of aromatic hydroxyl groups is 1. The monoisotopic (exact) mass is 387 g/mol. The zero-order valence-electron chi connectivity index (χ0n) is 14.7. The Morgan fingerprint density at radius 1 is 1.22 bits per heavy atom. The SMILES string of the molecule is COc1ccc(Cl)cc1NC(=O)C1=C(C)NC(=O)N[C@H]1c1ccc(O)cc1. The van der Waals surface area contributed by atoms with Crippen LogP contribution in [0.3, 0.4) is 0 Å². The fraction of sp³-hybridized carbons (Fsp3) is 0.158. The molecule has 8 heteroatoms. The van der Waals surface area contributed by atoms with Crippen LogP contribution in [0.5, 0.6) is 11.5 Å². The van der Waals surface area contributed by atoms with Crippen molar-refractivity contribution in [3.63, 3.8) is 0 Å². The number of urea groups is 1. The number of benzene rings is 2. The second-order valence-electron chi connectivity index (χ2n) is 5.96. The molecule has 0 fully saturated rings. The summed E-state index contributed by atoms with van der Waals surface area (Å²) in [5.74, 6) is 0.132. The Kier molecular flexibility index (Phi) is 5.23. The molecule has 1 aliphatic rings. The van der Waals surface area contributed by atoms with Crippen molar-refractivity contribution in [1.29, 1.82) is 0 Å². The molecule has 0 saturated heterocycles. The molecule has 27 heavy (non-hydrogen) atoms. The van der Waals surface area contributed by atoms with Crippen molar-refractivity contribution in [3.8, 4) is 11.5 Å². The summed E-state index contributed by atoms with van der Waals surface area (Å²) in [7, 11) is 1.49. The lowest BCUT2D eigenvalue weighted by molar-refractivity contribution is -0.113. The minimum absolute atomic E-state index is 0.0920.